The molecule has 1 N–H and O–H groups in total. The second-order valence-electron chi connectivity index (χ2n) is 3.98. The lowest BCUT2D eigenvalue weighted by Gasteiger charge is -2.09. The van der Waals surface area contributed by atoms with E-state index in [2.05, 4.69) is 5.10 Å². The highest BCUT2D eigenvalue weighted by molar-refractivity contribution is 5.91. The summed E-state index contributed by atoms with van der Waals surface area (Å²) in [6.45, 7) is 0.251. The number of aromatic carboxylic acids is 1. The molecule has 6 nitrogen and oxygen atoms in total. The van der Waals surface area contributed by atoms with Crippen LogP contribution < -0.4 is 9.47 Å². The number of methoxy groups -OCH3 is 1. The molecule has 1 heterocycles. The normalized spacial score (nSPS) is 10.2. The summed E-state index contributed by atoms with van der Waals surface area (Å²) in [4.78, 5) is 11.1. The number of aromatic nitrogens is 2. The molecule has 1 aromatic heterocycles. The molecule has 0 bridgehead atoms. The molecule has 0 amide bonds. The van der Waals surface area contributed by atoms with Crippen LogP contribution in [0.1, 0.15) is 15.9 Å². The molecule has 0 radical (unpaired) electrons. The topological polar surface area (TPSA) is 73.6 Å². The van der Waals surface area contributed by atoms with Crippen LogP contribution in [0.25, 0.3) is 0 Å². The number of nitrogens with zero attached hydrogens (tertiary/aromatic N) is 2. The van der Waals surface area contributed by atoms with E-state index in [4.69, 9.17) is 14.6 Å². The largest absolute Gasteiger partial charge is 0.497 e. The van der Waals surface area contributed by atoms with Crippen molar-refractivity contribution in [1.82, 2.24) is 9.78 Å². The molecule has 0 saturated carbocycles. The van der Waals surface area contributed by atoms with Gasteiger partial charge in [-0.1, -0.05) is 0 Å². The zero-order chi connectivity index (χ0) is 13.8. The van der Waals surface area contributed by atoms with Crippen molar-refractivity contribution < 1.29 is 19.4 Å². The smallest absolute Gasteiger partial charge is 0.339 e. The predicted octanol–water partition coefficient (Wildman–Crippen LogP) is 1.71. The summed E-state index contributed by atoms with van der Waals surface area (Å²) < 4.78 is 12.2. The lowest BCUT2D eigenvalue weighted by atomic mass is 10.2. The van der Waals surface area contributed by atoms with Gasteiger partial charge in [-0.25, -0.2) is 4.79 Å². The minimum absolute atomic E-state index is 0.102. The van der Waals surface area contributed by atoms with E-state index in [1.807, 2.05) is 0 Å². The molecule has 0 atom stereocenters. The molecule has 100 valence electrons. The van der Waals surface area contributed by atoms with Gasteiger partial charge in [-0.3, -0.25) is 4.68 Å². The first-order chi connectivity index (χ1) is 9.10. The fourth-order valence-corrected chi connectivity index (χ4v) is 1.63. The molecule has 0 saturated heterocycles. The van der Waals surface area contributed by atoms with Gasteiger partial charge in [0.05, 0.1) is 13.3 Å². The molecule has 0 spiro atoms. The molecule has 0 unspecified atom stereocenters. The van der Waals surface area contributed by atoms with Gasteiger partial charge in [0.25, 0.3) is 0 Å². The number of carbonyl (C=O) groups is 1. The lowest BCUT2D eigenvalue weighted by molar-refractivity contribution is 0.0691. The number of rotatable bonds is 5. The Balaban J connectivity index is 2.19. The third-order valence-corrected chi connectivity index (χ3v) is 2.57. The second kappa shape index (κ2) is 5.43. The van der Waals surface area contributed by atoms with Crippen LogP contribution in [0.15, 0.2) is 30.6 Å². The fourth-order valence-electron chi connectivity index (χ4n) is 1.63. The average Bonchev–Trinajstić information content (AvgIpc) is 2.81. The maximum atomic E-state index is 11.1. The molecule has 6 heteroatoms. The Labute approximate surface area is 110 Å². The first-order valence-electron chi connectivity index (χ1n) is 5.62. The van der Waals surface area contributed by atoms with Gasteiger partial charge >= 0.3 is 5.97 Å². The van der Waals surface area contributed by atoms with E-state index in [1.165, 1.54) is 13.2 Å². The van der Waals surface area contributed by atoms with Gasteiger partial charge in [-0.2, -0.15) is 5.10 Å². The number of hydrogen-bond donors (Lipinski definition) is 1. The van der Waals surface area contributed by atoms with Crippen molar-refractivity contribution in [2.75, 3.05) is 7.11 Å². The number of carboxylic acid groups (broad SMARTS) is 1. The molecule has 19 heavy (non-hydrogen) atoms. The van der Waals surface area contributed by atoms with E-state index < -0.39 is 5.97 Å². The number of aryl methyl sites for hydroxylation is 1. The van der Waals surface area contributed by atoms with Crippen LogP contribution in [0.4, 0.5) is 0 Å². The van der Waals surface area contributed by atoms with E-state index in [0.29, 0.717) is 5.75 Å². The van der Waals surface area contributed by atoms with Gasteiger partial charge in [0.1, 0.15) is 23.7 Å². The summed E-state index contributed by atoms with van der Waals surface area (Å²) in [6.07, 6.45) is 3.47. The van der Waals surface area contributed by atoms with Gasteiger partial charge < -0.3 is 14.6 Å². The number of hydrogen-bond acceptors (Lipinski definition) is 4. The fraction of sp³-hybridized carbons (Fsp3) is 0.231. The Morgan fingerprint density at radius 2 is 2.26 bits per heavy atom. The van der Waals surface area contributed by atoms with Crippen LogP contribution in [-0.4, -0.2) is 28.0 Å². The lowest BCUT2D eigenvalue weighted by Crippen LogP contribution is -2.03. The Morgan fingerprint density at radius 3 is 2.84 bits per heavy atom. The van der Waals surface area contributed by atoms with Crippen molar-refractivity contribution >= 4 is 5.97 Å². The Kier molecular flexibility index (Phi) is 3.70. The predicted molar refractivity (Wildman–Crippen MR) is 67.5 cm³/mol. The van der Waals surface area contributed by atoms with Gasteiger partial charge in [0, 0.05) is 24.9 Å². The Morgan fingerprint density at radius 1 is 1.47 bits per heavy atom. The minimum Gasteiger partial charge on any atom is -0.497 e. The molecule has 0 aliphatic heterocycles. The summed E-state index contributed by atoms with van der Waals surface area (Å²) in [6, 6.07) is 4.60. The van der Waals surface area contributed by atoms with Crippen molar-refractivity contribution in [2.24, 2.45) is 7.05 Å². The van der Waals surface area contributed by atoms with Gasteiger partial charge in [-0.05, 0) is 12.1 Å². The van der Waals surface area contributed by atoms with Crippen molar-refractivity contribution in [2.45, 2.75) is 6.61 Å². The molecule has 1 aromatic carbocycles. The third kappa shape index (κ3) is 3.04. The standard InChI is InChI=1S/C13H14N2O4/c1-15-7-9(6-14-15)8-19-12-5-10(18-2)3-4-11(12)13(16)17/h3-7H,8H2,1-2H3,(H,16,17). The molecule has 2 rings (SSSR count). The first kappa shape index (κ1) is 12.9. The number of benzene rings is 1. The zero-order valence-corrected chi connectivity index (χ0v) is 10.7. The van der Waals surface area contributed by atoms with Crippen LogP contribution in [0.3, 0.4) is 0 Å². The molecule has 0 fully saturated rings. The third-order valence-electron chi connectivity index (χ3n) is 2.57. The maximum absolute atomic E-state index is 11.1. The van der Waals surface area contributed by atoms with Crippen molar-refractivity contribution in [1.29, 1.82) is 0 Å². The van der Waals surface area contributed by atoms with E-state index in [-0.39, 0.29) is 17.9 Å². The minimum atomic E-state index is -1.04. The van der Waals surface area contributed by atoms with E-state index in [0.717, 1.165) is 5.56 Å². The van der Waals surface area contributed by atoms with Crippen LogP contribution in [0, 0.1) is 0 Å². The average molecular weight is 262 g/mol. The quantitative estimate of drug-likeness (QED) is 0.887. The van der Waals surface area contributed by atoms with E-state index >= 15 is 0 Å². The number of ether oxygens (including phenoxy) is 2. The summed E-state index contributed by atoms with van der Waals surface area (Å²) >= 11 is 0. The van der Waals surface area contributed by atoms with Crippen molar-refractivity contribution in [3.63, 3.8) is 0 Å². The molecule has 2 aromatic rings. The first-order valence-corrected chi connectivity index (χ1v) is 5.62. The van der Waals surface area contributed by atoms with Crippen LogP contribution in [0.2, 0.25) is 0 Å². The maximum Gasteiger partial charge on any atom is 0.339 e. The zero-order valence-electron chi connectivity index (χ0n) is 10.7. The van der Waals surface area contributed by atoms with Crippen molar-refractivity contribution in [3.05, 3.63) is 41.7 Å². The highest BCUT2D eigenvalue weighted by Crippen LogP contribution is 2.25. The van der Waals surface area contributed by atoms with E-state index in [1.54, 1.807) is 36.3 Å². The van der Waals surface area contributed by atoms with Gasteiger partial charge in [-0.15, -0.1) is 0 Å². The van der Waals surface area contributed by atoms with Crippen LogP contribution >= 0.6 is 0 Å². The Bertz CT molecular complexity index is 592. The van der Waals surface area contributed by atoms with Gasteiger partial charge in [0.15, 0.2) is 0 Å². The molecular weight excluding hydrogens is 248 g/mol. The Hall–Kier alpha value is -2.50. The summed E-state index contributed by atoms with van der Waals surface area (Å²) in [7, 11) is 3.32. The highest BCUT2D eigenvalue weighted by atomic mass is 16.5. The van der Waals surface area contributed by atoms with Crippen molar-refractivity contribution in [3.8, 4) is 11.5 Å². The molecule has 0 aliphatic rings. The summed E-state index contributed by atoms with van der Waals surface area (Å²) in [5, 5.41) is 13.1. The van der Waals surface area contributed by atoms with Crippen LogP contribution in [0.5, 0.6) is 11.5 Å². The number of carboxylic acids is 1. The summed E-state index contributed by atoms with van der Waals surface area (Å²) in [5.41, 5.74) is 0.964. The molecular formula is C13H14N2O4. The second-order valence-corrected chi connectivity index (χ2v) is 3.98. The van der Waals surface area contributed by atoms with Crippen LogP contribution in [-0.2, 0) is 13.7 Å². The SMILES string of the molecule is COc1ccc(C(=O)O)c(OCc2cnn(C)c2)c1. The highest BCUT2D eigenvalue weighted by Gasteiger charge is 2.12. The molecule has 0 aliphatic carbocycles. The van der Waals surface area contributed by atoms with E-state index in [9.17, 15) is 4.79 Å². The monoisotopic (exact) mass is 262 g/mol. The van der Waals surface area contributed by atoms with Gasteiger partial charge in [0.2, 0.25) is 0 Å². The summed E-state index contributed by atoms with van der Waals surface area (Å²) in [5.74, 6) is -0.217.